The normalized spacial score (nSPS) is 17.3. The van der Waals surface area contributed by atoms with E-state index in [1.165, 1.54) is 22.1 Å². The Kier molecular flexibility index (Phi) is 4.73. The van der Waals surface area contributed by atoms with Gasteiger partial charge in [0, 0.05) is 6.42 Å². The fraction of sp³-hybridized carbons (Fsp3) is 0.300. The van der Waals surface area contributed by atoms with E-state index in [2.05, 4.69) is 39.0 Å². The van der Waals surface area contributed by atoms with Crippen LogP contribution in [0.5, 0.6) is 0 Å². The van der Waals surface area contributed by atoms with Crippen molar-refractivity contribution in [2.24, 2.45) is 0 Å². The molecule has 0 unspecified atom stereocenters. The van der Waals surface area contributed by atoms with Gasteiger partial charge in [-0.15, -0.1) is 5.10 Å². The van der Waals surface area contributed by atoms with E-state index in [-0.39, 0.29) is 11.9 Å². The zero-order valence-corrected chi connectivity index (χ0v) is 14.5. The van der Waals surface area contributed by atoms with Crippen LogP contribution in [0, 0.1) is 0 Å². The standard InChI is InChI=1S/C20H21N5O/c26-20(22-18-12-6-10-16-9-4-5-11-17(16)18)19(25-14-21-23-24-25)13-15-7-2-1-3-8-15/h1-5,7-9,11,14,18-19H,6,10,12-13H2,(H,22,26)/t18-,19-/m1/s1. The molecule has 1 heterocycles. The van der Waals surface area contributed by atoms with Crippen molar-refractivity contribution in [1.29, 1.82) is 0 Å². The molecule has 0 saturated heterocycles. The molecule has 0 spiro atoms. The van der Waals surface area contributed by atoms with Crippen LogP contribution in [0.4, 0.5) is 0 Å². The van der Waals surface area contributed by atoms with Gasteiger partial charge in [0.2, 0.25) is 5.91 Å². The summed E-state index contributed by atoms with van der Waals surface area (Å²) in [5, 5.41) is 14.6. The second-order valence-corrected chi connectivity index (χ2v) is 6.65. The predicted octanol–water partition coefficient (Wildman–Crippen LogP) is 2.65. The van der Waals surface area contributed by atoms with Gasteiger partial charge in [0.25, 0.3) is 0 Å². The third-order valence-electron chi connectivity index (χ3n) is 4.94. The second-order valence-electron chi connectivity index (χ2n) is 6.65. The molecule has 2 aromatic carbocycles. The van der Waals surface area contributed by atoms with Crippen LogP contribution in [0.15, 0.2) is 60.9 Å². The molecule has 0 fully saturated rings. The number of carbonyl (C=O) groups excluding carboxylic acids is 1. The molecular weight excluding hydrogens is 326 g/mol. The Morgan fingerprint density at radius 3 is 2.77 bits per heavy atom. The van der Waals surface area contributed by atoms with Gasteiger partial charge in [0.1, 0.15) is 12.4 Å². The van der Waals surface area contributed by atoms with Gasteiger partial charge in [0.05, 0.1) is 6.04 Å². The van der Waals surface area contributed by atoms with Gasteiger partial charge in [-0.1, -0.05) is 54.6 Å². The third kappa shape index (κ3) is 3.49. The first-order valence-corrected chi connectivity index (χ1v) is 8.96. The Balaban J connectivity index is 1.56. The molecule has 6 heteroatoms. The van der Waals surface area contributed by atoms with Crippen molar-refractivity contribution in [3.63, 3.8) is 0 Å². The highest BCUT2D eigenvalue weighted by Crippen LogP contribution is 2.30. The minimum Gasteiger partial charge on any atom is -0.347 e. The molecule has 0 bridgehead atoms. The van der Waals surface area contributed by atoms with Crippen molar-refractivity contribution in [3.05, 3.63) is 77.6 Å². The van der Waals surface area contributed by atoms with Crippen molar-refractivity contribution in [2.75, 3.05) is 0 Å². The highest BCUT2D eigenvalue weighted by atomic mass is 16.2. The monoisotopic (exact) mass is 347 g/mol. The molecule has 1 aliphatic rings. The van der Waals surface area contributed by atoms with Gasteiger partial charge in [-0.2, -0.15) is 0 Å². The number of carbonyl (C=O) groups is 1. The van der Waals surface area contributed by atoms with E-state index in [0.29, 0.717) is 6.42 Å². The van der Waals surface area contributed by atoms with Crippen LogP contribution in [0.2, 0.25) is 0 Å². The maximum Gasteiger partial charge on any atom is 0.245 e. The average molecular weight is 347 g/mol. The number of nitrogens with one attached hydrogen (secondary N) is 1. The summed E-state index contributed by atoms with van der Waals surface area (Å²) in [6.07, 6.45) is 5.16. The number of nitrogens with zero attached hydrogens (tertiary/aromatic N) is 4. The predicted molar refractivity (Wildman–Crippen MR) is 97.3 cm³/mol. The summed E-state index contributed by atoms with van der Waals surface area (Å²) in [6, 6.07) is 17.9. The zero-order chi connectivity index (χ0) is 17.8. The van der Waals surface area contributed by atoms with Crippen LogP contribution in [0.1, 0.15) is 41.6 Å². The van der Waals surface area contributed by atoms with Gasteiger partial charge in [-0.3, -0.25) is 4.79 Å². The van der Waals surface area contributed by atoms with Gasteiger partial charge in [0.15, 0.2) is 0 Å². The van der Waals surface area contributed by atoms with Crippen molar-refractivity contribution in [2.45, 2.75) is 37.8 Å². The molecule has 0 aliphatic heterocycles. The SMILES string of the molecule is O=C(N[C@@H]1CCCc2ccccc21)[C@@H](Cc1ccccc1)n1cnnn1. The number of hydrogen-bond donors (Lipinski definition) is 1. The lowest BCUT2D eigenvalue weighted by atomic mass is 9.87. The number of aryl methyl sites for hydroxylation is 1. The van der Waals surface area contributed by atoms with Crippen LogP contribution in [0.25, 0.3) is 0 Å². The first-order chi connectivity index (χ1) is 12.8. The number of aromatic nitrogens is 4. The smallest absolute Gasteiger partial charge is 0.245 e. The number of amides is 1. The Morgan fingerprint density at radius 2 is 1.96 bits per heavy atom. The molecule has 0 radical (unpaired) electrons. The van der Waals surface area contributed by atoms with Crippen LogP contribution in [-0.2, 0) is 17.6 Å². The maximum absolute atomic E-state index is 13.1. The van der Waals surface area contributed by atoms with Gasteiger partial charge < -0.3 is 5.32 Å². The molecular formula is C20H21N5O. The number of tetrazole rings is 1. The Morgan fingerprint density at radius 1 is 1.15 bits per heavy atom. The first kappa shape index (κ1) is 16.4. The summed E-state index contributed by atoms with van der Waals surface area (Å²) in [5.41, 5.74) is 3.63. The summed E-state index contributed by atoms with van der Waals surface area (Å²) in [6.45, 7) is 0. The van der Waals surface area contributed by atoms with E-state index in [0.717, 1.165) is 24.8 Å². The summed E-state index contributed by atoms with van der Waals surface area (Å²) < 4.78 is 1.54. The van der Waals surface area contributed by atoms with Crippen LogP contribution < -0.4 is 5.32 Å². The van der Waals surface area contributed by atoms with E-state index in [9.17, 15) is 4.79 Å². The Bertz CT molecular complexity index is 863. The highest BCUT2D eigenvalue weighted by molar-refractivity contribution is 5.81. The fourth-order valence-electron chi connectivity index (χ4n) is 3.63. The lowest BCUT2D eigenvalue weighted by molar-refractivity contribution is -0.125. The van der Waals surface area contributed by atoms with E-state index in [4.69, 9.17) is 0 Å². The van der Waals surface area contributed by atoms with Crippen molar-refractivity contribution >= 4 is 5.91 Å². The molecule has 132 valence electrons. The fourth-order valence-corrected chi connectivity index (χ4v) is 3.63. The Labute approximate surface area is 152 Å². The number of hydrogen-bond acceptors (Lipinski definition) is 4. The van der Waals surface area contributed by atoms with Crippen molar-refractivity contribution in [3.8, 4) is 0 Å². The molecule has 4 rings (SSSR count). The summed E-state index contributed by atoms with van der Waals surface area (Å²) >= 11 is 0. The largest absolute Gasteiger partial charge is 0.347 e. The van der Waals surface area contributed by atoms with Crippen molar-refractivity contribution in [1.82, 2.24) is 25.5 Å². The minimum atomic E-state index is -0.471. The van der Waals surface area contributed by atoms with E-state index >= 15 is 0 Å². The number of benzene rings is 2. The molecule has 1 amide bonds. The molecule has 3 aromatic rings. The summed E-state index contributed by atoms with van der Waals surface area (Å²) in [7, 11) is 0. The lowest BCUT2D eigenvalue weighted by Crippen LogP contribution is -2.38. The van der Waals surface area contributed by atoms with Crippen molar-refractivity contribution < 1.29 is 4.79 Å². The summed E-state index contributed by atoms with van der Waals surface area (Å²) in [5.74, 6) is -0.0529. The van der Waals surface area contributed by atoms with E-state index in [1.807, 2.05) is 36.4 Å². The van der Waals surface area contributed by atoms with Gasteiger partial charge in [-0.05, 0) is 46.4 Å². The molecule has 0 saturated carbocycles. The van der Waals surface area contributed by atoms with E-state index in [1.54, 1.807) is 0 Å². The first-order valence-electron chi connectivity index (χ1n) is 8.96. The summed E-state index contributed by atoms with van der Waals surface area (Å²) in [4.78, 5) is 13.1. The number of fused-ring (bicyclic) bond motifs is 1. The number of rotatable bonds is 5. The van der Waals surface area contributed by atoms with Crippen LogP contribution in [0.3, 0.4) is 0 Å². The molecule has 2 atom stereocenters. The van der Waals surface area contributed by atoms with Crippen LogP contribution in [-0.4, -0.2) is 26.1 Å². The maximum atomic E-state index is 13.1. The molecule has 1 N–H and O–H groups in total. The second kappa shape index (κ2) is 7.47. The Hall–Kier alpha value is -3.02. The van der Waals surface area contributed by atoms with Gasteiger partial charge >= 0.3 is 0 Å². The average Bonchev–Trinajstić information content (AvgIpc) is 3.21. The van der Waals surface area contributed by atoms with Gasteiger partial charge in [-0.25, -0.2) is 4.68 Å². The minimum absolute atomic E-state index is 0.0437. The highest BCUT2D eigenvalue weighted by Gasteiger charge is 2.27. The van der Waals surface area contributed by atoms with Crippen LogP contribution >= 0.6 is 0 Å². The van der Waals surface area contributed by atoms with E-state index < -0.39 is 6.04 Å². The zero-order valence-electron chi connectivity index (χ0n) is 14.5. The lowest BCUT2D eigenvalue weighted by Gasteiger charge is -2.28. The quantitative estimate of drug-likeness (QED) is 0.770. The third-order valence-corrected chi connectivity index (χ3v) is 4.94. The molecule has 6 nitrogen and oxygen atoms in total. The molecule has 26 heavy (non-hydrogen) atoms. The molecule has 1 aromatic heterocycles. The topological polar surface area (TPSA) is 72.7 Å². The molecule has 1 aliphatic carbocycles.